The third-order valence-electron chi connectivity index (χ3n) is 3.67. The van der Waals surface area contributed by atoms with E-state index in [1.807, 2.05) is 0 Å². The summed E-state index contributed by atoms with van der Waals surface area (Å²) in [5.41, 5.74) is -0.813. The third kappa shape index (κ3) is 2.79. The van der Waals surface area contributed by atoms with E-state index in [4.69, 9.17) is 13.6 Å². The molecule has 3 rings (SSSR count). The fraction of sp³-hybridized carbons (Fsp3) is 0.250. The minimum absolute atomic E-state index is 0.114. The Hall–Kier alpha value is -3.00. The smallest absolute Gasteiger partial charge is 0.258 e. The van der Waals surface area contributed by atoms with Crippen LogP contribution in [0.25, 0.3) is 0 Å². The fourth-order valence-electron chi connectivity index (χ4n) is 2.42. The maximum absolute atomic E-state index is 12.4. The van der Waals surface area contributed by atoms with Gasteiger partial charge < -0.3 is 24.0 Å². The predicted molar refractivity (Wildman–Crippen MR) is 82.5 cm³/mol. The Kier molecular flexibility index (Phi) is 4.13. The molecule has 8 nitrogen and oxygen atoms in total. The molecule has 0 aromatic carbocycles. The molecule has 1 amide bonds. The molecule has 0 aliphatic carbocycles. The fourth-order valence-corrected chi connectivity index (χ4v) is 2.42. The van der Waals surface area contributed by atoms with Crippen LogP contribution in [-0.4, -0.2) is 34.4 Å². The van der Waals surface area contributed by atoms with Crippen LogP contribution in [0.4, 0.5) is 0 Å². The van der Waals surface area contributed by atoms with Gasteiger partial charge in [-0.2, -0.15) is 0 Å². The number of nitrogens with one attached hydrogen (secondary N) is 1. The van der Waals surface area contributed by atoms with Crippen molar-refractivity contribution in [3.05, 3.63) is 60.1 Å². The van der Waals surface area contributed by atoms with E-state index in [-0.39, 0.29) is 18.0 Å². The second-order valence-corrected chi connectivity index (χ2v) is 5.26. The van der Waals surface area contributed by atoms with Crippen LogP contribution in [0.3, 0.4) is 0 Å². The number of aryl methyl sites for hydroxylation is 1. The molecule has 0 aliphatic heterocycles. The number of amides is 1. The summed E-state index contributed by atoms with van der Waals surface area (Å²) < 4.78 is 16.9. The summed E-state index contributed by atoms with van der Waals surface area (Å²) in [6, 6.07) is 4.90. The molecule has 0 bridgehead atoms. The van der Waals surface area contributed by atoms with Gasteiger partial charge in [0.15, 0.2) is 5.60 Å². The van der Waals surface area contributed by atoms with Gasteiger partial charge in [0, 0.05) is 18.8 Å². The van der Waals surface area contributed by atoms with Crippen LogP contribution < -0.4 is 10.1 Å². The average Bonchev–Trinajstić information content (AvgIpc) is 3.32. The Bertz CT molecular complexity index is 771. The van der Waals surface area contributed by atoms with Gasteiger partial charge in [-0.25, -0.2) is 0 Å². The zero-order chi connectivity index (χ0) is 17.2. The van der Waals surface area contributed by atoms with E-state index in [1.54, 1.807) is 25.2 Å². The highest BCUT2D eigenvalue weighted by atomic mass is 16.5. The lowest BCUT2D eigenvalue weighted by Gasteiger charge is -2.25. The highest BCUT2D eigenvalue weighted by molar-refractivity contribution is 5.96. The Morgan fingerprint density at radius 1 is 1.46 bits per heavy atom. The first-order valence-electron chi connectivity index (χ1n) is 7.19. The van der Waals surface area contributed by atoms with Crippen molar-refractivity contribution in [1.29, 1.82) is 0 Å². The number of ether oxygens (including phenoxy) is 1. The largest absolute Gasteiger partial charge is 0.479 e. The van der Waals surface area contributed by atoms with Gasteiger partial charge in [-0.15, -0.1) is 5.10 Å². The average molecular weight is 331 g/mol. The van der Waals surface area contributed by atoms with Crippen LogP contribution in [0.2, 0.25) is 0 Å². The van der Waals surface area contributed by atoms with Crippen LogP contribution in [0.1, 0.15) is 21.7 Å². The lowest BCUT2D eigenvalue weighted by molar-refractivity contribution is 0.0519. The maximum atomic E-state index is 12.4. The first-order chi connectivity index (χ1) is 11.5. The van der Waals surface area contributed by atoms with Gasteiger partial charge >= 0.3 is 0 Å². The molecule has 0 unspecified atom stereocenters. The summed E-state index contributed by atoms with van der Waals surface area (Å²) >= 11 is 0. The number of hydrogen-bond acceptors (Lipinski definition) is 6. The van der Waals surface area contributed by atoms with Gasteiger partial charge in [-0.05, 0) is 18.2 Å². The molecule has 0 saturated heterocycles. The summed E-state index contributed by atoms with van der Waals surface area (Å²) in [7, 11) is 3.12. The standard InChI is InChI=1S/C16H17N3O5/c1-19-8-12(15(18-19)22-2)14(20)17-10-16(21,11-5-7-23-9-11)13-4-3-6-24-13/h3-9,21H,10H2,1-2H3,(H,17,20)/t16-/m0/s1. The first-order valence-corrected chi connectivity index (χ1v) is 7.19. The van der Waals surface area contributed by atoms with Crippen molar-refractivity contribution in [2.75, 3.05) is 13.7 Å². The van der Waals surface area contributed by atoms with Crippen molar-refractivity contribution in [2.24, 2.45) is 7.05 Å². The second-order valence-electron chi connectivity index (χ2n) is 5.26. The highest BCUT2D eigenvalue weighted by Crippen LogP contribution is 2.30. The molecule has 8 heteroatoms. The monoisotopic (exact) mass is 331 g/mol. The number of methoxy groups -OCH3 is 1. The summed E-state index contributed by atoms with van der Waals surface area (Å²) in [6.45, 7) is -0.114. The van der Waals surface area contributed by atoms with Crippen molar-refractivity contribution in [1.82, 2.24) is 15.1 Å². The van der Waals surface area contributed by atoms with E-state index < -0.39 is 11.5 Å². The summed E-state index contributed by atoms with van der Waals surface area (Å²) in [5.74, 6) is 0.0793. The summed E-state index contributed by atoms with van der Waals surface area (Å²) in [6.07, 6.45) is 5.83. The van der Waals surface area contributed by atoms with Crippen LogP contribution in [0, 0.1) is 0 Å². The normalized spacial score (nSPS) is 13.5. The number of hydrogen-bond donors (Lipinski definition) is 2. The molecule has 0 aliphatic rings. The van der Waals surface area contributed by atoms with Gasteiger partial charge in [-0.1, -0.05) is 0 Å². The Morgan fingerprint density at radius 2 is 2.29 bits per heavy atom. The second kappa shape index (κ2) is 6.25. The molecule has 0 spiro atoms. The van der Waals surface area contributed by atoms with Crippen molar-refractivity contribution >= 4 is 5.91 Å². The van der Waals surface area contributed by atoms with Crippen LogP contribution in [0.15, 0.2) is 52.0 Å². The number of rotatable bonds is 6. The predicted octanol–water partition coefficient (Wildman–Crippen LogP) is 1.28. The van der Waals surface area contributed by atoms with Gasteiger partial charge in [0.05, 0.1) is 32.4 Å². The number of aromatic nitrogens is 2. The third-order valence-corrected chi connectivity index (χ3v) is 3.67. The Balaban J connectivity index is 1.83. The van der Waals surface area contributed by atoms with Gasteiger partial charge in [0.2, 0.25) is 5.88 Å². The molecule has 3 heterocycles. The molecule has 3 aromatic rings. The molecular weight excluding hydrogens is 314 g/mol. The minimum atomic E-state index is -1.55. The van der Waals surface area contributed by atoms with Crippen LogP contribution >= 0.6 is 0 Å². The number of aliphatic hydroxyl groups is 1. The van der Waals surface area contributed by atoms with Gasteiger partial charge in [0.25, 0.3) is 5.91 Å². The van der Waals surface area contributed by atoms with Crippen molar-refractivity contribution in [2.45, 2.75) is 5.60 Å². The number of furan rings is 2. The number of carbonyl (C=O) groups is 1. The quantitative estimate of drug-likeness (QED) is 0.705. The van der Waals surface area contributed by atoms with Crippen molar-refractivity contribution in [3.8, 4) is 5.88 Å². The molecule has 24 heavy (non-hydrogen) atoms. The molecule has 2 N–H and O–H groups in total. The van der Waals surface area contributed by atoms with E-state index in [0.29, 0.717) is 11.3 Å². The molecule has 3 aromatic heterocycles. The topological polar surface area (TPSA) is 103 Å². The van der Waals surface area contributed by atoms with Crippen LogP contribution in [-0.2, 0) is 12.6 Å². The van der Waals surface area contributed by atoms with Crippen LogP contribution in [0.5, 0.6) is 5.88 Å². The van der Waals surface area contributed by atoms with Gasteiger partial charge in [-0.3, -0.25) is 9.48 Å². The zero-order valence-corrected chi connectivity index (χ0v) is 13.2. The number of nitrogens with zero attached hydrogens (tertiary/aromatic N) is 2. The van der Waals surface area contributed by atoms with Gasteiger partial charge in [0.1, 0.15) is 11.3 Å². The van der Waals surface area contributed by atoms with E-state index >= 15 is 0 Å². The molecule has 126 valence electrons. The van der Waals surface area contributed by atoms with E-state index in [1.165, 1.54) is 36.8 Å². The Morgan fingerprint density at radius 3 is 2.92 bits per heavy atom. The summed E-state index contributed by atoms with van der Waals surface area (Å²) in [4.78, 5) is 12.4. The lowest BCUT2D eigenvalue weighted by atomic mass is 9.93. The van der Waals surface area contributed by atoms with E-state index in [9.17, 15) is 9.90 Å². The Labute approximate surface area is 137 Å². The highest BCUT2D eigenvalue weighted by Gasteiger charge is 2.36. The first kappa shape index (κ1) is 15.9. The van der Waals surface area contributed by atoms with Crippen molar-refractivity contribution in [3.63, 3.8) is 0 Å². The molecule has 0 saturated carbocycles. The number of carbonyl (C=O) groups excluding carboxylic acids is 1. The van der Waals surface area contributed by atoms with Crippen molar-refractivity contribution < 1.29 is 23.5 Å². The minimum Gasteiger partial charge on any atom is -0.479 e. The van der Waals surface area contributed by atoms with E-state index in [0.717, 1.165) is 0 Å². The molecular formula is C16H17N3O5. The lowest BCUT2D eigenvalue weighted by Crippen LogP contribution is -2.41. The van der Waals surface area contributed by atoms with E-state index in [2.05, 4.69) is 10.4 Å². The molecule has 0 fully saturated rings. The molecule has 0 radical (unpaired) electrons. The summed E-state index contributed by atoms with van der Waals surface area (Å²) in [5, 5.41) is 17.8. The maximum Gasteiger partial charge on any atom is 0.258 e. The zero-order valence-electron chi connectivity index (χ0n) is 13.2. The molecule has 1 atom stereocenters. The SMILES string of the molecule is COc1nn(C)cc1C(=O)NC[C@](O)(c1ccoc1)c1ccco1.